The molecule has 6 heteroatoms. The van der Waals surface area contributed by atoms with Crippen LogP contribution in [0.2, 0.25) is 5.15 Å². The number of carbonyl (C=O) groups is 1. The second-order valence-corrected chi connectivity index (χ2v) is 4.83. The van der Waals surface area contributed by atoms with Crippen LogP contribution in [-0.4, -0.2) is 20.9 Å². The minimum Gasteiger partial charge on any atom is -0.488 e. The van der Waals surface area contributed by atoms with Gasteiger partial charge in [0.2, 0.25) is 0 Å². The molecule has 2 aromatic rings. The summed E-state index contributed by atoms with van der Waals surface area (Å²) in [5.41, 5.74) is 2.31. The van der Waals surface area contributed by atoms with Crippen LogP contribution in [0.25, 0.3) is 6.08 Å². The third-order valence-electron chi connectivity index (χ3n) is 2.97. The predicted octanol–water partition coefficient (Wildman–Crippen LogP) is 3.06. The van der Waals surface area contributed by atoms with Gasteiger partial charge in [-0.1, -0.05) is 29.8 Å². The molecule has 1 heterocycles. The van der Waals surface area contributed by atoms with Crippen LogP contribution >= 0.6 is 11.6 Å². The summed E-state index contributed by atoms with van der Waals surface area (Å²) in [7, 11) is 1.77. The molecule has 21 heavy (non-hydrogen) atoms. The number of aliphatic carboxylic acids is 1. The summed E-state index contributed by atoms with van der Waals surface area (Å²) < 4.78 is 7.34. The van der Waals surface area contributed by atoms with E-state index in [1.54, 1.807) is 23.9 Å². The summed E-state index contributed by atoms with van der Waals surface area (Å²) in [4.78, 5) is 10.6. The lowest BCUT2D eigenvalue weighted by atomic mass is 10.2. The molecule has 0 saturated carbocycles. The maximum atomic E-state index is 10.6. The Morgan fingerprint density at radius 3 is 2.81 bits per heavy atom. The molecule has 0 aliphatic carbocycles. The Hall–Kier alpha value is -2.27. The molecule has 1 aromatic carbocycles. The monoisotopic (exact) mass is 306 g/mol. The number of carboxylic acid groups (broad SMARTS) is 1. The average Bonchev–Trinajstić information content (AvgIpc) is 2.69. The van der Waals surface area contributed by atoms with Crippen LogP contribution in [-0.2, 0) is 18.4 Å². The number of aromatic nitrogens is 2. The Kier molecular flexibility index (Phi) is 4.65. The number of carboxylic acids is 1. The molecule has 0 aliphatic rings. The number of nitrogens with zero attached hydrogens (tertiary/aromatic N) is 2. The summed E-state index contributed by atoms with van der Waals surface area (Å²) in [6.07, 6.45) is 2.57. The van der Waals surface area contributed by atoms with E-state index in [1.165, 1.54) is 6.08 Å². The third kappa shape index (κ3) is 3.64. The first-order valence-electron chi connectivity index (χ1n) is 6.30. The van der Waals surface area contributed by atoms with E-state index in [0.29, 0.717) is 16.5 Å². The minimum atomic E-state index is -1.00. The molecular weight excluding hydrogens is 292 g/mol. The summed E-state index contributed by atoms with van der Waals surface area (Å²) in [6.45, 7) is 2.14. The van der Waals surface area contributed by atoms with E-state index in [4.69, 9.17) is 21.4 Å². The molecule has 0 saturated heterocycles. The van der Waals surface area contributed by atoms with E-state index in [0.717, 1.165) is 17.3 Å². The van der Waals surface area contributed by atoms with Crippen LogP contribution in [0.3, 0.4) is 0 Å². The summed E-state index contributed by atoms with van der Waals surface area (Å²) in [5.74, 6) is -0.412. The number of para-hydroxylation sites is 1. The standard InChI is InChI=1S/C15H15ClN2O3/c1-10-12(15(16)18(2)17-10)9-21-13-6-4-3-5-11(13)7-8-14(19)20/h3-8H,9H2,1-2H3,(H,19,20)/b8-7+. The molecule has 2 rings (SSSR count). The van der Waals surface area contributed by atoms with E-state index in [-0.39, 0.29) is 6.61 Å². The molecular formula is C15H15ClN2O3. The molecule has 1 N–H and O–H groups in total. The minimum absolute atomic E-state index is 0.274. The van der Waals surface area contributed by atoms with Crippen molar-refractivity contribution in [1.82, 2.24) is 9.78 Å². The van der Waals surface area contributed by atoms with Crippen molar-refractivity contribution in [1.29, 1.82) is 0 Å². The fraction of sp³-hybridized carbons (Fsp3) is 0.200. The highest BCUT2D eigenvalue weighted by Gasteiger charge is 2.12. The number of halogens is 1. The maximum Gasteiger partial charge on any atom is 0.328 e. The van der Waals surface area contributed by atoms with Crippen LogP contribution < -0.4 is 4.74 Å². The lowest BCUT2D eigenvalue weighted by Gasteiger charge is -2.09. The van der Waals surface area contributed by atoms with Crippen LogP contribution in [0, 0.1) is 6.92 Å². The summed E-state index contributed by atoms with van der Waals surface area (Å²) in [6, 6.07) is 7.20. The van der Waals surface area contributed by atoms with Crippen LogP contribution in [0.1, 0.15) is 16.8 Å². The van der Waals surface area contributed by atoms with Crippen molar-refractivity contribution in [2.24, 2.45) is 7.05 Å². The Balaban J connectivity index is 2.18. The lowest BCUT2D eigenvalue weighted by molar-refractivity contribution is -0.131. The normalized spacial score (nSPS) is 11.0. The Morgan fingerprint density at radius 2 is 2.19 bits per heavy atom. The number of ether oxygens (including phenoxy) is 1. The second kappa shape index (κ2) is 6.45. The SMILES string of the molecule is Cc1nn(C)c(Cl)c1COc1ccccc1/C=C/C(=O)O. The van der Waals surface area contributed by atoms with Gasteiger partial charge in [0.1, 0.15) is 17.5 Å². The molecule has 5 nitrogen and oxygen atoms in total. The van der Waals surface area contributed by atoms with Gasteiger partial charge >= 0.3 is 5.97 Å². The Morgan fingerprint density at radius 1 is 1.48 bits per heavy atom. The zero-order valence-corrected chi connectivity index (χ0v) is 12.5. The number of rotatable bonds is 5. The third-order valence-corrected chi connectivity index (χ3v) is 3.44. The summed E-state index contributed by atoms with van der Waals surface area (Å²) in [5, 5.41) is 13.4. The van der Waals surface area contributed by atoms with Gasteiger partial charge in [0, 0.05) is 24.3 Å². The zero-order chi connectivity index (χ0) is 15.4. The molecule has 0 amide bonds. The number of benzene rings is 1. The van der Waals surface area contributed by atoms with Crippen molar-refractivity contribution in [2.75, 3.05) is 0 Å². The van der Waals surface area contributed by atoms with Gasteiger partial charge in [0.05, 0.1) is 5.69 Å². The molecule has 0 radical (unpaired) electrons. The molecule has 0 unspecified atom stereocenters. The van der Waals surface area contributed by atoms with E-state index in [2.05, 4.69) is 5.10 Å². The van der Waals surface area contributed by atoms with Gasteiger partial charge in [-0.3, -0.25) is 4.68 Å². The van der Waals surface area contributed by atoms with Gasteiger partial charge < -0.3 is 9.84 Å². The average molecular weight is 307 g/mol. The van der Waals surface area contributed by atoms with Crippen LogP contribution in [0.4, 0.5) is 0 Å². The molecule has 0 bridgehead atoms. The second-order valence-electron chi connectivity index (χ2n) is 4.48. The van der Waals surface area contributed by atoms with Gasteiger partial charge in [-0.25, -0.2) is 4.79 Å². The molecule has 1 aromatic heterocycles. The highest BCUT2D eigenvalue weighted by atomic mass is 35.5. The van der Waals surface area contributed by atoms with E-state index in [9.17, 15) is 4.79 Å². The van der Waals surface area contributed by atoms with Crippen LogP contribution in [0.15, 0.2) is 30.3 Å². The van der Waals surface area contributed by atoms with Gasteiger partial charge in [-0.15, -0.1) is 0 Å². The van der Waals surface area contributed by atoms with Crippen molar-refractivity contribution < 1.29 is 14.6 Å². The number of hydrogen-bond acceptors (Lipinski definition) is 3. The molecule has 0 atom stereocenters. The van der Waals surface area contributed by atoms with Crippen molar-refractivity contribution in [3.8, 4) is 5.75 Å². The first-order valence-corrected chi connectivity index (χ1v) is 6.67. The smallest absolute Gasteiger partial charge is 0.328 e. The van der Waals surface area contributed by atoms with E-state index in [1.807, 2.05) is 19.1 Å². The number of aryl methyl sites for hydroxylation is 2. The fourth-order valence-electron chi connectivity index (χ4n) is 1.90. The van der Waals surface area contributed by atoms with Crippen molar-refractivity contribution in [3.05, 3.63) is 52.3 Å². The quantitative estimate of drug-likeness (QED) is 0.862. The zero-order valence-electron chi connectivity index (χ0n) is 11.7. The van der Waals surface area contributed by atoms with Gasteiger partial charge in [-0.2, -0.15) is 5.10 Å². The van der Waals surface area contributed by atoms with Gasteiger partial charge in [0.25, 0.3) is 0 Å². The summed E-state index contributed by atoms with van der Waals surface area (Å²) >= 11 is 6.15. The molecule has 110 valence electrons. The maximum absolute atomic E-state index is 10.6. The van der Waals surface area contributed by atoms with E-state index >= 15 is 0 Å². The van der Waals surface area contributed by atoms with Gasteiger partial charge in [-0.05, 0) is 19.1 Å². The first kappa shape index (κ1) is 15.1. The largest absolute Gasteiger partial charge is 0.488 e. The van der Waals surface area contributed by atoms with Crippen molar-refractivity contribution in [3.63, 3.8) is 0 Å². The number of hydrogen-bond donors (Lipinski definition) is 1. The molecule has 0 aliphatic heterocycles. The fourth-order valence-corrected chi connectivity index (χ4v) is 2.13. The molecule has 0 fully saturated rings. The van der Waals surface area contributed by atoms with Crippen molar-refractivity contribution >= 4 is 23.6 Å². The lowest BCUT2D eigenvalue weighted by Crippen LogP contribution is -1.98. The van der Waals surface area contributed by atoms with Crippen LogP contribution in [0.5, 0.6) is 5.75 Å². The van der Waals surface area contributed by atoms with Gasteiger partial charge in [0.15, 0.2) is 0 Å². The molecule has 0 spiro atoms. The van der Waals surface area contributed by atoms with E-state index < -0.39 is 5.97 Å². The highest BCUT2D eigenvalue weighted by molar-refractivity contribution is 6.30. The highest BCUT2D eigenvalue weighted by Crippen LogP contribution is 2.24. The predicted molar refractivity (Wildman–Crippen MR) is 80.4 cm³/mol. The Bertz CT molecular complexity index is 692. The van der Waals surface area contributed by atoms with Crippen molar-refractivity contribution in [2.45, 2.75) is 13.5 Å². The Labute approximate surface area is 127 Å². The first-order chi connectivity index (χ1) is 9.99. The topological polar surface area (TPSA) is 64.4 Å².